The third-order valence-electron chi connectivity index (χ3n) is 0.943. The minimum Gasteiger partial charge on any atom is -0.493 e. The number of aromatic nitrogens is 2. The van der Waals surface area contributed by atoms with Gasteiger partial charge in [0.2, 0.25) is 5.88 Å². The van der Waals surface area contributed by atoms with E-state index in [-0.39, 0.29) is 5.88 Å². The van der Waals surface area contributed by atoms with Gasteiger partial charge in [-0.25, -0.2) is 14.2 Å². The topological polar surface area (TPSA) is 101 Å². The summed E-state index contributed by atoms with van der Waals surface area (Å²) in [6.45, 7) is 0. The van der Waals surface area contributed by atoms with Crippen LogP contribution in [0.1, 0.15) is 0 Å². The maximum atomic E-state index is 10.5. The summed E-state index contributed by atoms with van der Waals surface area (Å²) in [5, 5.41) is 8.60. The summed E-state index contributed by atoms with van der Waals surface area (Å²) in [6.07, 6.45) is 0.907. The minimum absolute atomic E-state index is 0.385. The van der Waals surface area contributed by atoms with Gasteiger partial charge in [-0.2, -0.15) is 0 Å². The molecule has 6 nitrogen and oxygen atoms in total. The zero-order chi connectivity index (χ0) is 7.72. The minimum atomic E-state index is -0.929. The number of aromatic amines is 1. The molecule has 0 saturated carbocycles. The van der Waals surface area contributed by atoms with E-state index in [1.165, 1.54) is 0 Å². The number of H-pyrrole nitrogens is 1. The average molecular weight is 143 g/mol. The van der Waals surface area contributed by atoms with Crippen LogP contribution in [0.4, 0.5) is 4.79 Å². The number of nitrogens with two attached hydrogens (primary N) is 1. The highest BCUT2D eigenvalue weighted by atomic mass is 16.3. The first-order valence-corrected chi connectivity index (χ1v) is 2.41. The standard InChI is InChI=1S/C4H5N3O3/c5-3(9)7-1-2(8)6-4(7)10/h1,8H,(H2,5,9)(H,6,10). The van der Waals surface area contributed by atoms with Crippen LogP contribution in [-0.4, -0.2) is 20.7 Å². The maximum Gasteiger partial charge on any atom is 0.336 e. The molecule has 0 spiro atoms. The van der Waals surface area contributed by atoms with Crippen molar-refractivity contribution in [2.45, 2.75) is 0 Å². The Bertz CT molecular complexity index is 310. The van der Waals surface area contributed by atoms with E-state index in [4.69, 9.17) is 10.8 Å². The summed E-state index contributed by atoms with van der Waals surface area (Å²) in [5.41, 5.74) is 3.98. The quantitative estimate of drug-likeness (QED) is 0.425. The number of hydrogen-bond acceptors (Lipinski definition) is 3. The maximum absolute atomic E-state index is 10.5. The van der Waals surface area contributed by atoms with Crippen molar-refractivity contribution in [2.75, 3.05) is 0 Å². The number of imidazole rings is 1. The van der Waals surface area contributed by atoms with Gasteiger partial charge < -0.3 is 10.8 Å². The van der Waals surface area contributed by atoms with Crippen molar-refractivity contribution in [1.29, 1.82) is 0 Å². The molecule has 1 aromatic rings. The Morgan fingerprint density at radius 1 is 1.80 bits per heavy atom. The number of nitrogens with zero attached hydrogens (tertiary/aromatic N) is 1. The van der Waals surface area contributed by atoms with Crippen LogP contribution in [-0.2, 0) is 0 Å². The third kappa shape index (κ3) is 0.859. The number of primary amides is 1. The fraction of sp³-hybridized carbons (Fsp3) is 0. The highest BCUT2D eigenvalue weighted by Crippen LogP contribution is 1.95. The number of carbonyl (C=O) groups excluding carboxylic acids is 1. The van der Waals surface area contributed by atoms with Crippen LogP contribution in [0.15, 0.2) is 11.0 Å². The molecule has 0 fully saturated rings. The fourth-order valence-corrected chi connectivity index (χ4v) is 0.547. The van der Waals surface area contributed by atoms with Crippen molar-refractivity contribution in [1.82, 2.24) is 9.55 Å². The molecule has 1 rings (SSSR count). The van der Waals surface area contributed by atoms with E-state index in [0.29, 0.717) is 4.57 Å². The molecule has 10 heavy (non-hydrogen) atoms. The highest BCUT2D eigenvalue weighted by Gasteiger charge is 2.04. The van der Waals surface area contributed by atoms with E-state index in [9.17, 15) is 9.59 Å². The molecule has 0 atom stereocenters. The van der Waals surface area contributed by atoms with Gasteiger partial charge in [0, 0.05) is 0 Å². The number of nitrogens with one attached hydrogen (secondary N) is 1. The van der Waals surface area contributed by atoms with Crippen LogP contribution in [0.3, 0.4) is 0 Å². The number of carbonyl (C=O) groups is 1. The van der Waals surface area contributed by atoms with E-state index >= 15 is 0 Å². The SMILES string of the molecule is NC(=O)n1cc(O)[nH]c1=O. The van der Waals surface area contributed by atoms with Gasteiger partial charge >= 0.3 is 11.7 Å². The van der Waals surface area contributed by atoms with E-state index in [2.05, 4.69) is 0 Å². The van der Waals surface area contributed by atoms with Crippen molar-refractivity contribution < 1.29 is 9.90 Å². The van der Waals surface area contributed by atoms with Crippen molar-refractivity contribution in [3.05, 3.63) is 16.7 Å². The van der Waals surface area contributed by atoms with Crippen molar-refractivity contribution in [3.8, 4) is 5.88 Å². The lowest BCUT2D eigenvalue weighted by molar-refractivity contribution is 0.249. The van der Waals surface area contributed by atoms with Gasteiger partial charge in [0.05, 0.1) is 6.20 Å². The van der Waals surface area contributed by atoms with Gasteiger partial charge in [-0.15, -0.1) is 0 Å². The summed E-state index contributed by atoms with van der Waals surface area (Å²) >= 11 is 0. The second-order valence-electron chi connectivity index (χ2n) is 1.65. The summed E-state index contributed by atoms with van der Waals surface area (Å²) in [6, 6.07) is -0.929. The molecule has 0 saturated heterocycles. The number of amides is 1. The predicted octanol–water partition coefficient (Wildman–Crippen LogP) is -1.19. The Morgan fingerprint density at radius 2 is 2.40 bits per heavy atom. The largest absolute Gasteiger partial charge is 0.493 e. The molecule has 6 heteroatoms. The van der Waals surface area contributed by atoms with Gasteiger partial charge in [0.15, 0.2) is 0 Å². The second kappa shape index (κ2) is 1.90. The molecule has 0 aliphatic carbocycles. The smallest absolute Gasteiger partial charge is 0.336 e. The molecular formula is C4H5N3O3. The number of aromatic hydroxyl groups is 1. The van der Waals surface area contributed by atoms with Crippen molar-refractivity contribution in [2.24, 2.45) is 5.73 Å². The van der Waals surface area contributed by atoms with Gasteiger partial charge in [0.1, 0.15) is 0 Å². The molecule has 0 aromatic carbocycles. The van der Waals surface area contributed by atoms with Gasteiger partial charge in [0.25, 0.3) is 0 Å². The zero-order valence-electron chi connectivity index (χ0n) is 4.87. The van der Waals surface area contributed by atoms with Gasteiger partial charge in [-0.3, -0.25) is 4.98 Å². The van der Waals surface area contributed by atoms with E-state index in [1.54, 1.807) is 0 Å². The van der Waals surface area contributed by atoms with Crippen LogP contribution in [0.25, 0.3) is 0 Å². The average Bonchev–Trinajstić information content (AvgIpc) is 2.10. The molecule has 1 aromatic heterocycles. The zero-order valence-corrected chi connectivity index (χ0v) is 4.87. The molecular weight excluding hydrogens is 138 g/mol. The predicted molar refractivity (Wildman–Crippen MR) is 31.7 cm³/mol. The molecule has 1 heterocycles. The van der Waals surface area contributed by atoms with Crippen LogP contribution in [0.2, 0.25) is 0 Å². The highest BCUT2D eigenvalue weighted by molar-refractivity contribution is 5.74. The van der Waals surface area contributed by atoms with Gasteiger partial charge in [-0.05, 0) is 0 Å². The van der Waals surface area contributed by atoms with Gasteiger partial charge in [-0.1, -0.05) is 0 Å². The Labute approximate surface area is 54.9 Å². The summed E-state index contributed by atoms with van der Waals surface area (Å²) in [5.74, 6) is -0.385. The third-order valence-corrected chi connectivity index (χ3v) is 0.943. The van der Waals surface area contributed by atoms with Crippen LogP contribution in [0.5, 0.6) is 5.88 Å². The summed E-state index contributed by atoms with van der Waals surface area (Å²) < 4.78 is 0.565. The molecule has 0 bridgehead atoms. The molecule has 0 aliphatic heterocycles. The first kappa shape index (κ1) is 6.40. The Balaban J connectivity index is 3.29. The lowest BCUT2D eigenvalue weighted by atomic mass is 10.8. The lowest BCUT2D eigenvalue weighted by Crippen LogP contribution is -2.28. The van der Waals surface area contributed by atoms with E-state index < -0.39 is 11.7 Å². The molecule has 1 amide bonds. The molecule has 0 aliphatic rings. The lowest BCUT2D eigenvalue weighted by Gasteiger charge is -1.86. The van der Waals surface area contributed by atoms with Crippen molar-refractivity contribution >= 4 is 6.03 Å². The van der Waals surface area contributed by atoms with E-state index in [1.807, 2.05) is 4.98 Å². The number of rotatable bonds is 0. The Kier molecular flexibility index (Phi) is 1.22. The number of hydrogen-bond donors (Lipinski definition) is 3. The van der Waals surface area contributed by atoms with Crippen LogP contribution in [0, 0.1) is 0 Å². The first-order valence-electron chi connectivity index (χ1n) is 2.41. The summed E-state index contributed by atoms with van der Waals surface area (Å²) in [7, 11) is 0. The fourth-order valence-electron chi connectivity index (χ4n) is 0.547. The monoisotopic (exact) mass is 143 g/mol. The van der Waals surface area contributed by atoms with E-state index in [0.717, 1.165) is 6.20 Å². The molecule has 54 valence electrons. The molecule has 0 radical (unpaired) electrons. The second-order valence-corrected chi connectivity index (χ2v) is 1.65. The van der Waals surface area contributed by atoms with Crippen LogP contribution >= 0.6 is 0 Å². The Hall–Kier alpha value is -1.72. The van der Waals surface area contributed by atoms with Crippen molar-refractivity contribution in [3.63, 3.8) is 0 Å². The van der Waals surface area contributed by atoms with Crippen LogP contribution < -0.4 is 11.4 Å². The Morgan fingerprint density at radius 3 is 2.60 bits per heavy atom. The summed E-state index contributed by atoms with van der Waals surface area (Å²) in [4.78, 5) is 22.8. The molecule has 0 unspecified atom stereocenters. The first-order chi connectivity index (χ1) is 4.61. The molecule has 4 N–H and O–H groups in total. The normalized spacial score (nSPS) is 9.60.